The Hall–Kier alpha value is -4.92. The van der Waals surface area contributed by atoms with Crippen molar-refractivity contribution in [2.45, 2.75) is 13.0 Å². The Morgan fingerprint density at radius 3 is 2.24 bits per heavy atom. The zero-order valence-corrected chi connectivity index (χ0v) is 20.3. The van der Waals surface area contributed by atoms with E-state index in [0.717, 1.165) is 0 Å². The summed E-state index contributed by atoms with van der Waals surface area (Å²) in [6.07, 6.45) is 0. The molecule has 37 heavy (non-hydrogen) atoms. The van der Waals surface area contributed by atoms with Crippen LogP contribution in [-0.4, -0.2) is 41.2 Å². The number of aliphatic hydroxyl groups excluding tert-OH is 1. The van der Waals surface area contributed by atoms with Gasteiger partial charge in [-0.05, 0) is 54.6 Å². The van der Waals surface area contributed by atoms with E-state index in [1.165, 1.54) is 19.1 Å². The average Bonchev–Trinajstić information content (AvgIpc) is 3.49. The van der Waals surface area contributed by atoms with Crippen LogP contribution in [0.2, 0.25) is 0 Å². The number of para-hydroxylation sites is 1. The zero-order valence-electron chi connectivity index (χ0n) is 20.3. The Kier molecular flexibility index (Phi) is 6.19. The molecular formula is C28H23N3O6. The first-order chi connectivity index (χ1) is 17.9. The van der Waals surface area contributed by atoms with Crippen molar-refractivity contribution in [3.05, 3.63) is 95.4 Å². The van der Waals surface area contributed by atoms with Crippen molar-refractivity contribution in [2.75, 3.05) is 19.1 Å². The molecule has 0 aliphatic carbocycles. The number of methoxy groups -OCH3 is 2. The van der Waals surface area contributed by atoms with Gasteiger partial charge >= 0.3 is 0 Å². The number of aromatic nitrogens is 2. The van der Waals surface area contributed by atoms with Crippen LogP contribution in [0.4, 0.5) is 5.69 Å². The molecule has 0 radical (unpaired) electrons. The lowest BCUT2D eigenvalue weighted by molar-refractivity contribution is -0.132. The number of aryl methyl sites for hydroxylation is 1. The third-order valence-corrected chi connectivity index (χ3v) is 6.16. The van der Waals surface area contributed by atoms with Gasteiger partial charge in [0.15, 0.2) is 0 Å². The van der Waals surface area contributed by atoms with E-state index in [1.807, 2.05) is 0 Å². The highest BCUT2D eigenvalue weighted by Gasteiger charge is 2.47. The number of anilines is 1. The van der Waals surface area contributed by atoms with E-state index in [1.54, 1.807) is 79.7 Å². The van der Waals surface area contributed by atoms with Crippen LogP contribution in [0.15, 0.2) is 82.8 Å². The number of aliphatic hydroxyl groups is 1. The topological polar surface area (TPSA) is 115 Å². The summed E-state index contributed by atoms with van der Waals surface area (Å²) in [5.41, 5.74) is 1.99. The standard InChI is InChI=1S/C28H23N3O6/c1-16-29-30-27(37-16)18-8-12-19(13-9-18)31-24(21-6-4-5-7-22(21)36-3)23(26(33)28(31)34)25(32)17-10-14-20(35-2)15-11-17/h4-15,24,32H,1-3H3/b25-23-. The number of nitrogens with zero attached hydrogens (tertiary/aromatic N) is 3. The minimum absolute atomic E-state index is 0.0451. The monoisotopic (exact) mass is 497 g/mol. The number of rotatable bonds is 6. The van der Waals surface area contributed by atoms with Gasteiger partial charge < -0.3 is 19.0 Å². The first kappa shape index (κ1) is 23.8. The maximum absolute atomic E-state index is 13.4. The Labute approximate surface area is 212 Å². The summed E-state index contributed by atoms with van der Waals surface area (Å²) in [4.78, 5) is 28.2. The molecule has 1 saturated heterocycles. The van der Waals surface area contributed by atoms with Crippen molar-refractivity contribution in [2.24, 2.45) is 0 Å². The minimum atomic E-state index is -0.935. The van der Waals surface area contributed by atoms with Crippen molar-refractivity contribution in [3.8, 4) is 23.0 Å². The first-order valence-electron chi connectivity index (χ1n) is 11.4. The molecule has 1 N–H and O–H groups in total. The molecule has 5 rings (SSSR count). The summed E-state index contributed by atoms with van der Waals surface area (Å²) >= 11 is 0. The normalized spacial score (nSPS) is 16.7. The van der Waals surface area contributed by atoms with Crippen molar-refractivity contribution < 1.29 is 28.6 Å². The van der Waals surface area contributed by atoms with E-state index < -0.39 is 17.7 Å². The molecule has 1 atom stereocenters. The van der Waals surface area contributed by atoms with E-state index >= 15 is 0 Å². The fourth-order valence-electron chi connectivity index (χ4n) is 4.37. The maximum atomic E-state index is 13.4. The summed E-state index contributed by atoms with van der Waals surface area (Å²) in [5, 5.41) is 19.2. The van der Waals surface area contributed by atoms with Gasteiger partial charge in [-0.15, -0.1) is 10.2 Å². The Bertz CT molecular complexity index is 1510. The van der Waals surface area contributed by atoms with Crippen molar-refractivity contribution >= 4 is 23.1 Å². The second-order valence-electron chi connectivity index (χ2n) is 8.31. The summed E-state index contributed by atoms with van der Waals surface area (Å²) in [7, 11) is 3.04. The maximum Gasteiger partial charge on any atom is 0.300 e. The highest BCUT2D eigenvalue weighted by molar-refractivity contribution is 6.51. The van der Waals surface area contributed by atoms with Crippen molar-refractivity contribution in [3.63, 3.8) is 0 Å². The molecule has 2 heterocycles. The molecular weight excluding hydrogens is 474 g/mol. The highest BCUT2D eigenvalue weighted by Crippen LogP contribution is 2.45. The van der Waals surface area contributed by atoms with Gasteiger partial charge in [-0.1, -0.05) is 18.2 Å². The van der Waals surface area contributed by atoms with Crippen LogP contribution >= 0.6 is 0 Å². The molecule has 1 aliphatic heterocycles. The van der Waals surface area contributed by atoms with Gasteiger partial charge in [0, 0.05) is 29.3 Å². The van der Waals surface area contributed by atoms with Crippen molar-refractivity contribution in [1.29, 1.82) is 0 Å². The van der Waals surface area contributed by atoms with Crippen LogP contribution in [0, 0.1) is 6.92 Å². The molecule has 1 aromatic heterocycles. The summed E-state index contributed by atoms with van der Waals surface area (Å²) in [6, 6.07) is 19.6. The van der Waals surface area contributed by atoms with Gasteiger partial charge in [0.1, 0.15) is 17.3 Å². The number of carbonyl (C=O) groups is 2. The Balaban J connectivity index is 1.66. The van der Waals surface area contributed by atoms with Crippen LogP contribution in [0.3, 0.4) is 0 Å². The smallest absolute Gasteiger partial charge is 0.300 e. The van der Waals surface area contributed by atoms with Crippen LogP contribution in [0.5, 0.6) is 11.5 Å². The van der Waals surface area contributed by atoms with E-state index in [0.29, 0.717) is 45.7 Å². The molecule has 0 spiro atoms. The van der Waals surface area contributed by atoms with Gasteiger partial charge in [0.05, 0.1) is 25.8 Å². The molecule has 4 aromatic rings. The van der Waals surface area contributed by atoms with Gasteiger partial charge in [0.25, 0.3) is 11.7 Å². The lowest BCUT2D eigenvalue weighted by atomic mass is 9.94. The molecule has 9 nitrogen and oxygen atoms in total. The summed E-state index contributed by atoms with van der Waals surface area (Å²) in [6.45, 7) is 1.69. The number of Topliss-reactive ketones (excluding diaryl/α,β-unsaturated/α-hetero) is 1. The molecule has 3 aromatic carbocycles. The summed E-state index contributed by atoms with van der Waals surface area (Å²) in [5.74, 6) is -0.0374. The summed E-state index contributed by atoms with van der Waals surface area (Å²) < 4.78 is 16.2. The lowest BCUT2D eigenvalue weighted by Gasteiger charge is -2.26. The number of ketones is 1. The SMILES string of the molecule is COc1ccc(/C(O)=C2/C(=O)C(=O)N(c3ccc(-c4nnc(C)o4)cc3)C2c2ccccc2OC)cc1. The second-order valence-corrected chi connectivity index (χ2v) is 8.31. The second kappa shape index (κ2) is 9.62. The largest absolute Gasteiger partial charge is 0.507 e. The molecule has 1 unspecified atom stereocenters. The Morgan fingerprint density at radius 2 is 1.62 bits per heavy atom. The fraction of sp³-hybridized carbons (Fsp3) is 0.143. The highest BCUT2D eigenvalue weighted by atomic mass is 16.5. The number of amides is 1. The minimum Gasteiger partial charge on any atom is -0.507 e. The van der Waals surface area contributed by atoms with Crippen molar-refractivity contribution in [1.82, 2.24) is 10.2 Å². The number of hydrogen-bond donors (Lipinski definition) is 1. The van der Waals surface area contributed by atoms with Gasteiger partial charge in [-0.2, -0.15) is 0 Å². The zero-order chi connectivity index (χ0) is 26.1. The molecule has 1 amide bonds. The van der Waals surface area contributed by atoms with Crippen LogP contribution in [0.1, 0.15) is 23.1 Å². The van der Waals surface area contributed by atoms with Gasteiger partial charge in [-0.3, -0.25) is 14.5 Å². The van der Waals surface area contributed by atoms with Crippen LogP contribution in [-0.2, 0) is 9.59 Å². The van der Waals surface area contributed by atoms with E-state index in [-0.39, 0.29) is 11.3 Å². The lowest BCUT2D eigenvalue weighted by Crippen LogP contribution is -2.29. The number of benzene rings is 3. The third-order valence-electron chi connectivity index (χ3n) is 6.16. The molecule has 186 valence electrons. The molecule has 9 heteroatoms. The molecule has 1 fully saturated rings. The van der Waals surface area contributed by atoms with E-state index in [2.05, 4.69) is 10.2 Å². The number of ether oxygens (including phenoxy) is 2. The molecule has 1 aliphatic rings. The van der Waals surface area contributed by atoms with E-state index in [4.69, 9.17) is 13.9 Å². The predicted molar refractivity (Wildman–Crippen MR) is 135 cm³/mol. The van der Waals surface area contributed by atoms with Crippen LogP contribution in [0.25, 0.3) is 17.2 Å². The average molecular weight is 498 g/mol. The Morgan fingerprint density at radius 1 is 0.919 bits per heavy atom. The van der Waals surface area contributed by atoms with Gasteiger partial charge in [-0.25, -0.2) is 0 Å². The van der Waals surface area contributed by atoms with Gasteiger partial charge in [0.2, 0.25) is 11.8 Å². The predicted octanol–water partition coefficient (Wildman–Crippen LogP) is 4.69. The quantitative estimate of drug-likeness (QED) is 0.232. The van der Waals surface area contributed by atoms with E-state index in [9.17, 15) is 14.7 Å². The third kappa shape index (κ3) is 4.20. The first-order valence-corrected chi connectivity index (χ1v) is 11.4. The molecule has 0 bridgehead atoms. The number of hydrogen-bond acceptors (Lipinski definition) is 8. The fourth-order valence-corrected chi connectivity index (χ4v) is 4.37. The number of carbonyl (C=O) groups excluding carboxylic acids is 2. The molecule has 0 saturated carbocycles. The van der Waals surface area contributed by atoms with Crippen LogP contribution < -0.4 is 14.4 Å².